The molecular weight excluding hydrogens is 343 g/mol. The fourth-order valence-corrected chi connectivity index (χ4v) is 2.78. The van der Waals surface area contributed by atoms with E-state index < -0.39 is 5.41 Å². The number of benzene rings is 1. The highest BCUT2D eigenvalue weighted by atomic mass is 127. The summed E-state index contributed by atoms with van der Waals surface area (Å²) in [6.45, 7) is 2.00. The van der Waals surface area contributed by atoms with Gasteiger partial charge in [-0.15, -0.1) is 0 Å². The number of hydrogen-bond donors (Lipinski definition) is 2. The van der Waals surface area contributed by atoms with Crippen molar-refractivity contribution in [1.29, 1.82) is 0 Å². The smallest absolute Gasteiger partial charge is 0.234 e. The average Bonchev–Trinajstić information content (AvgIpc) is 2.79. The molecule has 18 heavy (non-hydrogen) atoms. The maximum absolute atomic E-state index is 12.4. The first kappa shape index (κ1) is 13.8. The van der Waals surface area contributed by atoms with Gasteiger partial charge in [-0.2, -0.15) is 0 Å². The Balaban J connectivity index is 2.10. The van der Waals surface area contributed by atoms with Crippen LogP contribution in [-0.2, 0) is 9.53 Å². The highest BCUT2D eigenvalue weighted by molar-refractivity contribution is 14.1. The number of rotatable bonds is 4. The van der Waals surface area contributed by atoms with Crippen molar-refractivity contribution in [3.05, 3.63) is 27.8 Å². The molecule has 1 fully saturated rings. The molecule has 0 radical (unpaired) electrons. The molecule has 1 heterocycles. The standard InChI is InChI=1S/C13H17IN2O2/c1-18-9-13(5-6-15-8-13)12(17)16-11-4-2-3-10(14)7-11/h2-4,7,15H,5-6,8-9H2,1H3,(H,16,17). The Morgan fingerprint density at radius 2 is 2.44 bits per heavy atom. The molecule has 1 aromatic carbocycles. The number of carbonyl (C=O) groups excluding carboxylic acids is 1. The topological polar surface area (TPSA) is 50.4 Å². The first-order chi connectivity index (χ1) is 8.66. The molecule has 1 aromatic rings. The first-order valence-electron chi connectivity index (χ1n) is 5.93. The van der Waals surface area contributed by atoms with Crippen LogP contribution in [-0.4, -0.2) is 32.7 Å². The molecule has 1 aliphatic heterocycles. The van der Waals surface area contributed by atoms with Crippen LogP contribution in [0.4, 0.5) is 5.69 Å². The molecule has 0 aliphatic carbocycles. The second-order valence-corrected chi connectivity index (χ2v) is 5.85. The lowest BCUT2D eigenvalue weighted by Crippen LogP contribution is -2.41. The van der Waals surface area contributed by atoms with Gasteiger partial charge in [0.2, 0.25) is 5.91 Å². The van der Waals surface area contributed by atoms with E-state index in [-0.39, 0.29) is 5.91 Å². The SMILES string of the molecule is COCC1(C(=O)Nc2cccc(I)c2)CCNC1. The molecular formula is C13H17IN2O2. The minimum atomic E-state index is -0.434. The van der Waals surface area contributed by atoms with Gasteiger partial charge in [-0.25, -0.2) is 0 Å². The summed E-state index contributed by atoms with van der Waals surface area (Å²) in [6.07, 6.45) is 0.816. The van der Waals surface area contributed by atoms with Crippen molar-refractivity contribution in [2.45, 2.75) is 6.42 Å². The van der Waals surface area contributed by atoms with Gasteiger partial charge >= 0.3 is 0 Å². The van der Waals surface area contributed by atoms with Gasteiger partial charge in [0.15, 0.2) is 0 Å². The molecule has 1 unspecified atom stereocenters. The van der Waals surface area contributed by atoms with Gasteiger partial charge in [-0.3, -0.25) is 4.79 Å². The summed E-state index contributed by atoms with van der Waals surface area (Å²) < 4.78 is 6.32. The van der Waals surface area contributed by atoms with Gasteiger partial charge in [0.05, 0.1) is 12.0 Å². The Bertz CT molecular complexity index is 431. The van der Waals surface area contributed by atoms with Crippen molar-refractivity contribution >= 4 is 34.2 Å². The van der Waals surface area contributed by atoms with Crippen molar-refractivity contribution in [3.8, 4) is 0 Å². The van der Waals surface area contributed by atoms with Crippen molar-refractivity contribution in [2.75, 3.05) is 32.1 Å². The zero-order valence-electron chi connectivity index (χ0n) is 10.3. The van der Waals surface area contributed by atoms with Crippen molar-refractivity contribution in [2.24, 2.45) is 5.41 Å². The molecule has 1 atom stereocenters. The third kappa shape index (κ3) is 3.02. The zero-order chi connectivity index (χ0) is 13.0. The second kappa shape index (κ2) is 5.99. The Morgan fingerprint density at radius 1 is 1.61 bits per heavy atom. The number of nitrogens with one attached hydrogen (secondary N) is 2. The highest BCUT2D eigenvalue weighted by Crippen LogP contribution is 2.28. The Hall–Kier alpha value is -0.660. The quantitative estimate of drug-likeness (QED) is 0.806. The Kier molecular flexibility index (Phi) is 4.58. The van der Waals surface area contributed by atoms with E-state index in [0.717, 1.165) is 22.2 Å². The first-order valence-corrected chi connectivity index (χ1v) is 7.01. The molecule has 0 bridgehead atoms. The van der Waals surface area contributed by atoms with Gasteiger partial charge in [0.1, 0.15) is 0 Å². The monoisotopic (exact) mass is 360 g/mol. The van der Waals surface area contributed by atoms with Gasteiger partial charge in [0.25, 0.3) is 0 Å². The number of hydrogen-bond acceptors (Lipinski definition) is 3. The Morgan fingerprint density at radius 3 is 3.06 bits per heavy atom. The molecule has 98 valence electrons. The highest BCUT2D eigenvalue weighted by Gasteiger charge is 2.41. The average molecular weight is 360 g/mol. The summed E-state index contributed by atoms with van der Waals surface area (Å²) in [5.74, 6) is 0.0383. The largest absolute Gasteiger partial charge is 0.384 e. The number of ether oxygens (including phenoxy) is 1. The molecule has 5 heteroatoms. The van der Waals surface area contributed by atoms with Gasteiger partial charge in [0, 0.05) is 22.9 Å². The van der Waals surface area contributed by atoms with Crippen LogP contribution < -0.4 is 10.6 Å². The van der Waals surface area contributed by atoms with Gasteiger partial charge < -0.3 is 15.4 Å². The van der Waals surface area contributed by atoms with Crippen LogP contribution in [0.1, 0.15) is 6.42 Å². The third-order valence-corrected chi connectivity index (χ3v) is 3.90. The van der Waals surface area contributed by atoms with E-state index in [1.807, 2.05) is 24.3 Å². The third-order valence-electron chi connectivity index (χ3n) is 3.23. The molecule has 1 saturated heterocycles. The summed E-state index contributed by atoms with van der Waals surface area (Å²) in [5.41, 5.74) is 0.407. The number of carbonyl (C=O) groups is 1. The predicted molar refractivity (Wildman–Crippen MR) is 79.6 cm³/mol. The normalized spacial score (nSPS) is 23.0. The maximum Gasteiger partial charge on any atom is 0.234 e. The van der Waals surface area contributed by atoms with Crippen LogP contribution in [0.5, 0.6) is 0 Å². The molecule has 0 aromatic heterocycles. The molecule has 4 nitrogen and oxygen atoms in total. The zero-order valence-corrected chi connectivity index (χ0v) is 12.5. The summed E-state index contributed by atoms with van der Waals surface area (Å²) in [5, 5.41) is 6.22. The minimum Gasteiger partial charge on any atom is -0.384 e. The van der Waals surface area contributed by atoms with E-state index >= 15 is 0 Å². The number of halogens is 1. The number of amides is 1. The van der Waals surface area contributed by atoms with E-state index in [9.17, 15) is 4.79 Å². The summed E-state index contributed by atoms with van der Waals surface area (Å²) in [4.78, 5) is 12.4. The number of anilines is 1. The Labute approximate surface area is 121 Å². The lowest BCUT2D eigenvalue weighted by molar-refractivity contribution is -0.127. The van der Waals surface area contributed by atoms with Crippen LogP contribution in [0, 0.1) is 8.99 Å². The van der Waals surface area contributed by atoms with Crippen molar-refractivity contribution in [1.82, 2.24) is 5.32 Å². The van der Waals surface area contributed by atoms with E-state index in [0.29, 0.717) is 13.2 Å². The van der Waals surface area contributed by atoms with Crippen LogP contribution >= 0.6 is 22.6 Å². The van der Waals surface area contributed by atoms with Gasteiger partial charge in [-0.05, 0) is 53.8 Å². The van der Waals surface area contributed by atoms with Crippen LogP contribution in [0.2, 0.25) is 0 Å². The summed E-state index contributed by atoms with van der Waals surface area (Å²) in [6, 6.07) is 7.80. The molecule has 1 aliphatic rings. The number of methoxy groups -OCH3 is 1. The molecule has 0 saturated carbocycles. The predicted octanol–water partition coefficient (Wildman–Crippen LogP) is 1.86. The second-order valence-electron chi connectivity index (χ2n) is 4.60. The minimum absolute atomic E-state index is 0.0383. The van der Waals surface area contributed by atoms with E-state index in [4.69, 9.17) is 4.74 Å². The van der Waals surface area contributed by atoms with Crippen molar-refractivity contribution < 1.29 is 9.53 Å². The van der Waals surface area contributed by atoms with Crippen LogP contribution in [0.25, 0.3) is 0 Å². The maximum atomic E-state index is 12.4. The van der Waals surface area contributed by atoms with Crippen LogP contribution in [0.15, 0.2) is 24.3 Å². The summed E-state index contributed by atoms with van der Waals surface area (Å²) in [7, 11) is 1.64. The molecule has 0 spiro atoms. The summed E-state index contributed by atoms with van der Waals surface area (Å²) >= 11 is 2.23. The molecule has 2 rings (SSSR count). The lowest BCUT2D eigenvalue weighted by Gasteiger charge is -2.25. The van der Waals surface area contributed by atoms with Crippen LogP contribution in [0.3, 0.4) is 0 Å². The fourth-order valence-electron chi connectivity index (χ4n) is 2.23. The molecule has 1 amide bonds. The lowest BCUT2D eigenvalue weighted by atomic mass is 9.87. The molecule has 2 N–H and O–H groups in total. The van der Waals surface area contributed by atoms with Crippen molar-refractivity contribution in [3.63, 3.8) is 0 Å². The fraction of sp³-hybridized carbons (Fsp3) is 0.462. The van der Waals surface area contributed by atoms with Gasteiger partial charge in [-0.1, -0.05) is 6.07 Å². The van der Waals surface area contributed by atoms with E-state index in [1.165, 1.54) is 0 Å². The van der Waals surface area contributed by atoms with E-state index in [2.05, 4.69) is 33.2 Å². The van der Waals surface area contributed by atoms with E-state index in [1.54, 1.807) is 7.11 Å².